The summed E-state index contributed by atoms with van der Waals surface area (Å²) in [6.07, 6.45) is -2.13. The van der Waals surface area contributed by atoms with Crippen LogP contribution in [-0.2, 0) is 9.53 Å². The van der Waals surface area contributed by atoms with Crippen LogP contribution in [0.5, 0.6) is 0 Å². The van der Waals surface area contributed by atoms with Crippen LogP contribution in [0.3, 0.4) is 0 Å². The summed E-state index contributed by atoms with van der Waals surface area (Å²) in [5.41, 5.74) is -2.53. The van der Waals surface area contributed by atoms with Crippen molar-refractivity contribution >= 4 is 5.78 Å². The molecule has 0 saturated carbocycles. The van der Waals surface area contributed by atoms with Gasteiger partial charge in [0.15, 0.2) is 5.78 Å². The largest absolute Gasteiger partial charge is 0.508 e. The van der Waals surface area contributed by atoms with Gasteiger partial charge in [-0.05, 0) is 13.8 Å². The third-order valence-electron chi connectivity index (χ3n) is 1.98. The summed E-state index contributed by atoms with van der Waals surface area (Å²) in [6, 6.07) is 0. The fraction of sp³-hybridized carbons (Fsp3) is 0.500. The molecule has 0 bridgehead atoms. The van der Waals surface area contributed by atoms with E-state index in [0.29, 0.717) is 6.08 Å². The van der Waals surface area contributed by atoms with Crippen molar-refractivity contribution < 1.29 is 27.8 Å². The van der Waals surface area contributed by atoms with Crippen LogP contribution in [0.4, 0.5) is 13.2 Å². The molecular formula is C10H13F3O3. The van der Waals surface area contributed by atoms with Crippen molar-refractivity contribution in [2.75, 3.05) is 7.11 Å². The van der Waals surface area contributed by atoms with Crippen LogP contribution >= 0.6 is 0 Å². The Hall–Kier alpha value is -1.46. The summed E-state index contributed by atoms with van der Waals surface area (Å²) >= 11 is 0. The highest BCUT2D eigenvalue weighted by molar-refractivity contribution is 5.95. The van der Waals surface area contributed by atoms with Gasteiger partial charge in [-0.2, -0.15) is 13.2 Å². The molecule has 0 radical (unpaired) electrons. The molecule has 92 valence electrons. The molecule has 0 atom stereocenters. The van der Waals surface area contributed by atoms with E-state index in [1.54, 1.807) is 0 Å². The molecule has 0 saturated heterocycles. The number of hydrogen-bond acceptors (Lipinski definition) is 3. The maximum Gasteiger partial charge on any atom is 0.401 e. The summed E-state index contributed by atoms with van der Waals surface area (Å²) in [5, 5.41) is 9.09. The van der Waals surface area contributed by atoms with Crippen molar-refractivity contribution in [1.82, 2.24) is 0 Å². The minimum atomic E-state index is -4.66. The molecule has 3 nitrogen and oxygen atoms in total. The van der Waals surface area contributed by atoms with Gasteiger partial charge in [0.1, 0.15) is 11.2 Å². The van der Waals surface area contributed by atoms with Crippen molar-refractivity contribution in [3.8, 4) is 0 Å². The van der Waals surface area contributed by atoms with E-state index in [0.717, 1.165) is 26.2 Å². The average molecular weight is 238 g/mol. The number of ketones is 1. The van der Waals surface area contributed by atoms with E-state index in [4.69, 9.17) is 5.11 Å². The predicted octanol–water partition coefficient (Wildman–Crippen LogP) is 2.75. The Kier molecular flexibility index (Phi) is 4.59. The summed E-state index contributed by atoms with van der Waals surface area (Å²) in [7, 11) is 1.30. The van der Waals surface area contributed by atoms with Gasteiger partial charge >= 0.3 is 6.18 Å². The number of aliphatic hydroxyl groups excluding tert-OH is 1. The number of carbonyl (C=O) groups excluding carboxylic acids is 1. The molecule has 0 rings (SSSR count). The SMILES string of the molecule is CO/C=C/C(O)=C/C(=O)C(C)(C)C(F)(F)F. The number of rotatable bonds is 4. The molecule has 6 heteroatoms. The van der Waals surface area contributed by atoms with Crippen LogP contribution in [0.25, 0.3) is 0 Å². The van der Waals surface area contributed by atoms with Crippen molar-refractivity contribution in [2.45, 2.75) is 20.0 Å². The first-order valence-corrected chi connectivity index (χ1v) is 4.34. The summed E-state index contributed by atoms with van der Waals surface area (Å²) in [5.74, 6) is -1.82. The second-order valence-electron chi connectivity index (χ2n) is 3.59. The molecule has 0 aliphatic heterocycles. The minimum Gasteiger partial charge on any atom is -0.508 e. The van der Waals surface area contributed by atoms with Crippen LogP contribution in [0.1, 0.15) is 13.8 Å². The van der Waals surface area contributed by atoms with E-state index in [1.807, 2.05) is 0 Å². The summed E-state index contributed by atoms with van der Waals surface area (Å²) in [4.78, 5) is 11.3. The van der Waals surface area contributed by atoms with Crippen LogP contribution < -0.4 is 0 Å². The van der Waals surface area contributed by atoms with Gasteiger partial charge in [-0.15, -0.1) is 0 Å². The number of halogens is 3. The van der Waals surface area contributed by atoms with Crippen LogP contribution in [0.15, 0.2) is 24.2 Å². The first-order valence-electron chi connectivity index (χ1n) is 4.34. The number of allylic oxidation sites excluding steroid dienone is 2. The van der Waals surface area contributed by atoms with Gasteiger partial charge in [0.2, 0.25) is 0 Å². The highest BCUT2D eigenvalue weighted by Gasteiger charge is 2.51. The van der Waals surface area contributed by atoms with E-state index < -0.39 is 23.1 Å². The van der Waals surface area contributed by atoms with Gasteiger partial charge in [0.25, 0.3) is 0 Å². The summed E-state index contributed by atoms with van der Waals surface area (Å²) < 4.78 is 41.7. The second kappa shape index (κ2) is 5.05. The zero-order valence-electron chi connectivity index (χ0n) is 9.13. The third-order valence-corrected chi connectivity index (χ3v) is 1.98. The second-order valence-corrected chi connectivity index (χ2v) is 3.59. The highest BCUT2D eigenvalue weighted by atomic mass is 19.4. The van der Waals surface area contributed by atoms with Gasteiger partial charge < -0.3 is 9.84 Å². The monoisotopic (exact) mass is 238 g/mol. The Balaban J connectivity index is 4.89. The number of carbonyl (C=O) groups is 1. The quantitative estimate of drug-likeness (QED) is 0.465. The maximum absolute atomic E-state index is 12.4. The van der Waals surface area contributed by atoms with Gasteiger partial charge in [-0.25, -0.2) is 0 Å². The van der Waals surface area contributed by atoms with E-state index in [2.05, 4.69) is 4.74 Å². The van der Waals surface area contributed by atoms with Crippen molar-refractivity contribution in [1.29, 1.82) is 0 Å². The lowest BCUT2D eigenvalue weighted by Gasteiger charge is -2.24. The van der Waals surface area contributed by atoms with Crippen molar-refractivity contribution in [3.05, 3.63) is 24.2 Å². The van der Waals surface area contributed by atoms with Crippen molar-refractivity contribution in [3.63, 3.8) is 0 Å². The molecule has 0 amide bonds. The highest BCUT2D eigenvalue weighted by Crippen LogP contribution is 2.38. The van der Waals surface area contributed by atoms with E-state index >= 15 is 0 Å². The maximum atomic E-state index is 12.4. The normalized spacial score (nSPS) is 14.2. The Morgan fingerprint density at radius 2 is 1.81 bits per heavy atom. The Labute approximate surface area is 91.2 Å². The minimum absolute atomic E-state index is 0.517. The number of aliphatic hydroxyl groups is 1. The zero-order valence-corrected chi connectivity index (χ0v) is 9.13. The first kappa shape index (κ1) is 14.5. The Bertz CT molecular complexity index is 314. The molecule has 0 aromatic carbocycles. The summed E-state index contributed by atoms with van der Waals surface area (Å²) in [6.45, 7) is 1.50. The molecule has 0 aliphatic carbocycles. The molecule has 0 aliphatic rings. The molecule has 0 aromatic heterocycles. The van der Waals surface area contributed by atoms with Crippen LogP contribution in [0.2, 0.25) is 0 Å². The molecule has 0 unspecified atom stereocenters. The van der Waals surface area contributed by atoms with E-state index in [-0.39, 0.29) is 0 Å². The lowest BCUT2D eigenvalue weighted by Crippen LogP contribution is -2.38. The van der Waals surface area contributed by atoms with Gasteiger partial charge in [0.05, 0.1) is 13.4 Å². The molecule has 1 N–H and O–H groups in total. The first-order chi connectivity index (χ1) is 7.13. The van der Waals surface area contributed by atoms with Crippen LogP contribution in [-0.4, -0.2) is 24.2 Å². The Morgan fingerprint density at radius 3 is 2.19 bits per heavy atom. The average Bonchev–Trinajstić information content (AvgIpc) is 2.12. The number of hydrogen-bond donors (Lipinski definition) is 1. The standard InChI is InChI=1S/C10H13F3O3/c1-9(2,10(11,12)13)8(15)6-7(14)4-5-16-3/h4-6,14H,1-3H3/b5-4+,7-6-. The predicted molar refractivity (Wildman–Crippen MR) is 51.7 cm³/mol. The molecule has 16 heavy (non-hydrogen) atoms. The van der Waals surface area contributed by atoms with Crippen molar-refractivity contribution in [2.24, 2.45) is 5.41 Å². The van der Waals surface area contributed by atoms with Crippen LogP contribution in [0, 0.1) is 5.41 Å². The van der Waals surface area contributed by atoms with E-state index in [9.17, 15) is 18.0 Å². The fourth-order valence-corrected chi connectivity index (χ4v) is 0.640. The fourth-order valence-electron chi connectivity index (χ4n) is 0.640. The smallest absolute Gasteiger partial charge is 0.401 e. The number of ether oxygens (including phenoxy) is 1. The lowest BCUT2D eigenvalue weighted by molar-refractivity contribution is -0.207. The zero-order chi connectivity index (χ0) is 13.0. The lowest BCUT2D eigenvalue weighted by atomic mass is 9.87. The molecule has 0 heterocycles. The number of methoxy groups -OCH3 is 1. The topological polar surface area (TPSA) is 46.5 Å². The molecular weight excluding hydrogens is 225 g/mol. The van der Waals surface area contributed by atoms with Gasteiger partial charge in [0, 0.05) is 12.2 Å². The third kappa shape index (κ3) is 3.60. The van der Waals surface area contributed by atoms with Gasteiger partial charge in [-0.1, -0.05) is 0 Å². The number of alkyl halides is 3. The molecule has 0 spiro atoms. The molecule has 0 fully saturated rings. The molecule has 0 aromatic rings. The van der Waals surface area contributed by atoms with Gasteiger partial charge in [-0.3, -0.25) is 4.79 Å². The van der Waals surface area contributed by atoms with E-state index in [1.165, 1.54) is 7.11 Å². The Morgan fingerprint density at radius 1 is 1.31 bits per heavy atom.